The van der Waals surface area contributed by atoms with Gasteiger partial charge in [0, 0.05) is 0 Å². The first-order chi connectivity index (χ1) is 10.8. The fraction of sp³-hybridized carbons (Fsp3) is 0.188. The van der Waals surface area contributed by atoms with Crippen LogP contribution in [-0.2, 0) is 10.9 Å². The number of esters is 1. The summed E-state index contributed by atoms with van der Waals surface area (Å²) >= 11 is 1.99. The second-order valence-corrected chi connectivity index (χ2v) is 5.76. The van der Waals surface area contributed by atoms with Crippen LogP contribution in [0.5, 0.6) is 5.75 Å². The van der Waals surface area contributed by atoms with Crippen molar-refractivity contribution in [3.63, 3.8) is 0 Å². The van der Waals surface area contributed by atoms with Crippen molar-refractivity contribution >= 4 is 28.6 Å². The first-order valence-corrected chi connectivity index (χ1v) is 7.49. The van der Waals surface area contributed by atoms with Crippen molar-refractivity contribution in [3.8, 4) is 16.9 Å². The van der Waals surface area contributed by atoms with E-state index in [0.717, 1.165) is 13.2 Å². The van der Waals surface area contributed by atoms with E-state index in [-0.39, 0.29) is 11.1 Å². The third kappa shape index (κ3) is 3.77. The van der Waals surface area contributed by atoms with Gasteiger partial charge >= 0.3 is 12.1 Å². The molecule has 3 nitrogen and oxygen atoms in total. The van der Waals surface area contributed by atoms with Gasteiger partial charge in [-0.2, -0.15) is 13.2 Å². The van der Waals surface area contributed by atoms with Gasteiger partial charge in [-0.3, -0.25) is 0 Å². The standard InChI is InChI=1S/C16H12F3IO3/c1-22-14-6-4-9(8-13(14)20)11-5-3-10(15(21)23-2)7-12(11)16(17,18)19/h3-8H,1-2H3. The Morgan fingerprint density at radius 1 is 1.09 bits per heavy atom. The van der Waals surface area contributed by atoms with Crippen molar-refractivity contribution in [3.05, 3.63) is 51.1 Å². The molecule has 0 aliphatic carbocycles. The van der Waals surface area contributed by atoms with Crippen molar-refractivity contribution < 1.29 is 27.4 Å². The van der Waals surface area contributed by atoms with E-state index in [9.17, 15) is 18.0 Å². The number of alkyl halides is 3. The predicted octanol–water partition coefficient (Wildman–Crippen LogP) is 4.77. The Kier molecular flexibility index (Phi) is 5.18. The Bertz CT molecular complexity index is 742. The highest BCUT2D eigenvalue weighted by Gasteiger charge is 2.34. The Hall–Kier alpha value is -1.77. The summed E-state index contributed by atoms with van der Waals surface area (Å²) in [5, 5.41) is 0. The number of carbonyl (C=O) groups excluding carboxylic acids is 1. The molecule has 7 heteroatoms. The first kappa shape index (κ1) is 17.6. The van der Waals surface area contributed by atoms with Gasteiger partial charge in [0.25, 0.3) is 0 Å². The molecule has 0 heterocycles. The van der Waals surface area contributed by atoms with E-state index in [0.29, 0.717) is 14.9 Å². The van der Waals surface area contributed by atoms with E-state index < -0.39 is 17.7 Å². The van der Waals surface area contributed by atoms with Crippen LogP contribution in [-0.4, -0.2) is 20.2 Å². The third-order valence-electron chi connectivity index (χ3n) is 3.21. The number of hydrogen-bond acceptors (Lipinski definition) is 3. The maximum absolute atomic E-state index is 13.3. The summed E-state index contributed by atoms with van der Waals surface area (Å²) in [5.74, 6) is -0.236. The van der Waals surface area contributed by atoms with Crippen LogP contribution in [0.25, 0.3) is 11.1 Å². The fourth-order valence-corrected chi connectivity index (χ4v) is 2.84. The van der Waals surface area contributed by atoms with Crippen molar-refractivity contribution in [2.45, 2.75) is 6.18 Å². The van der Waals surface area contributed by atoms with Crippen LogP contribution >= 0.6 is 22.6 Å². The molecule has 0 aliphatic rings. The summed E-state index contributed by atoms with van der Waals surface area (Å²) in [7, 11) is 2.61. The van der Waals surface area contributed by atoms with Gasteiger partial charge in [0.1, 0.15) is 5.75 Å². The third-order valence-corrected chi connectivity index (χ3v) is 4.05. The molecule has 0 aliphatic heterocycles. The van der Waals surface area contributed by atoms with Gasteiger partial charge in [0.2, 0.25) is 0 Å². The molecular weight excluding hydrogens is 424 g/mol. The minimum Gasteiger partial charge on any atom is -0.496 e. The number of carbonyl (C=O) groups is 1. The SMILES string of the molecule is COC(=O)c1ccc(-c2ccc(OC)c(I)c2)c(C(F)(F)F)c1. The number of rotatable bonds is 3. The zero-order chi connectivity index (χ0) is 17.2. The summed E-state index contributed by atoms with van der Waals surface area (Å²) in [4.78, 5) is 11.5. The molecule has 0 N–H and O–H groups in total. The molecule has 0 radical (unpaired) electrons. The van der Waals surface area contributed by atoms with E-state index in [4.69, 9.17) is 4.74 Å². The van der Waals surface area contributed by atoms with Gasteiger partial charge < -0.3 is 9.47 Å². The van der Waals surface area contributed by atoms with Crippen LogP contribution in [0.3, 0.4) is 0 Å². The quantitative estimate of drug-likeness (QED) is 0.514. The van der Waals surface area contributed by atoms with Gasteiger partial charge in [-0.1, -0.05) is 12.1 Å². The predicted molar refractivity (Wildman–Crippen MR) is 87.5 cm³/mol. The zero-order valence-electron chi connectivity index (χ0n) is 12.2. The Morgan fingerprint density at radius 3 is 2.30 bits per heavy atom. The second-order valence-electron chi connectivity index (χ2n) is 4.60. The van der Waals surface area contributed by atoms with Crippen molar-refractivity contribution in [2.24, 2.45) is 0 Å². The van der Waals surface area contributed by atoms with Gasteiger partial charge in [0.05, 0.1) is 28.9 Å². The summed E-state index contributed by atoms with van der Waals surface area (Å²) in [6, 6.07) is 8.13. The monoisotopic (exact) mass is 436 g/mol. The van der Waals surface area contributed by atoms with Crippen LogP contribution < -0.4 is 4.74 Å². The normalized spacial score (nSPS) is 11.2. The van der Waals surface area contributed by atoms with Crippen LogP contribution in [0.1, 0.15) is 15.9 Å². The molecule has 0 saturated carbocycles. The molecule has 2 rings (SSSR count). The number of hydrogen-bond donors (Lipinski definition) is 0. The van der Waals surface area contributed by atoms with E-state index >= 15 is 0 Å². The number of benzene rings is 2. The van der Waals surface area contributed by atoms with Gasteiger partial charge in [-0.25, -0.2) is 4.79 Å². The molecule has 0 amide bonds. The molecular formula is C16H12F3IO3. The summed E-state index contributed by atoms with van der Waals surface area (Å²) < 4.78 is 50.3. The van der Waals surface area contributed by atoms with Gasteiger partial charge in [-0.05, 0) is 58.0 Å². The second kappa shape index (κ2) is 6.77. The number of methoxy groups -OCH3 is 2. The fourth-order valence-electron chi connectivity index (χ4n) is 2.11. The largest absolute Gasteiger partial charge is 0.496 e. The summed E-state index contributed by atoms with van der Waals surface area (Å²) in [6.45, 7) is 0. The Balaban J connectivity index is 2.62. The van der Waals surface area contributed by atoms with Crippen LogP contribution in [0, 0.1) is 3.57 Å². The lowest BCUT2D eigenvalue weighted by Gasteiger charge is -2.15. The molecule has 23 heavy (non-hydrogen) atoms. The maximum atomic E-state index is 13.3. The average Bonchev–Trinajstić information content (AvgIpc) is 2.52. The molecule has 0 atom stereocenters. The molecule has 0 saturated heterocycles. The Labute approximate surface area is 144 Å². The molecule has 0 fully saturated rings. The lowest BCUT2D eigenvalue weighted by atomic mass is 9.97. The highest BCUT2D eigenvalue weighted by molar-refractivity contribution is 14.1. The molecule has 2 aromatic carbocycles. The minimum atomic E-state index is -4.59. The van der Waals surface area contributed by atoms with Crippen molar-refractivity contribution in [1.82, 2.24) is 0 Å². The first-order valence-electron chi connectivity index (χ1n) is 6.41. The van der Waals surface area contributed by atoms with E-state index in [2.05, 4.69) is 4.74 Å². The van der Waals surface area contributed by atoms with E-state index in [1.165, 1.54) is 19.2 Å². The van der Waals surface area contributed by atoms with Crippen LogP contribution in [0.15, 0.2) is 36.4 Å². The van der Waals surface area contributed by atoms with Gasteiger partial charge in [-0.15, -0.1) is 0 Å². The molecule has 0 aromatic heterocycles. The van der Waals surface area contributed by atoms with Gasteiger partial charge in [0.15, 0.2) is 0 Å². The molecule has 0 bridgehead atoms. The highest BCUT2D eigenvalue weighted by atomic mass is 127. The van der Waals surface area contributed by atoms with Crippen molar-refractivity contribution in [1.29, 1.82) is 0 Å². The van der Waals surface area contributed by atoms with Crippen LogP contribution in [0.2, 0.25) is 0 Å². The zero-order valence-corrected chi connectivity index (χ0v) is 14.4. The average molecular weight is 436 g/mol. The van der Waals surface area contributed by atoms with E-state index in [1.54, 1.807) is 18.2 Å². The summed E-state index contributed by atoms with van der Waals surface area (Å²) in [5.41, 5.74) is -0.655. The lowest BCUT2D eigenvalue weighted by molar-refractivity contribution is -0.137. The topological polar surface area (TPSA) is 35.5 Å². The minimum absolute atomic E-state index is 0.00859. The Morgan fingerprint density at radius 2 is 1.78 bits per heavy atom. The molecule has 0 unspecified atom stereocenters. The molecule has 2 aromatic rings. The lowest BCUT2D eigenvalue weighted by Crippen LogP contribution is -2.10. The molecule has 122 valence electrons. The maximum Gasteiger partial charge on any atom is 0.417 e. The highest BCUT2D eigenvalue weighted by Crippen LogP contribution is 2.39. The van der Waals surface area contributed by atoms with E-state index in [1.807, 2.05) is 22.6 Å². The summed E-state index contributed by atoms with van der Waals surface area (Å²) in [6.07, 6.45) is -4.59. The number of ether oxygens (including phenoxy) is 2. The smallest absolute Gasteiger partial charge is 0.417 e. The number of halogens is 4. The molecule has 0 spiro atoms. The van der Waals surface area contributed by atoms with Crippen molar-refractivity contribution in [2.75, 3.05) is 14.2 Å². The van der Waals surface area contributed by atoms with Crippen LogP contribution in [0.4, 0.5) is 13.2 Å².